The van der Waals surface area contributed by atoms with Crippen LogP contribution in [0.15, 0.2) is 48.5 Å². The molecule has 1 heterocycles. The fourth-order valence-corrected chi connectivity index (χ4v) is 3.71. The van der Waals surface area contributed by atoms with Crippen molar-refractivity contribution in [3.63, 3.8) is 0 Å². The zero-order chi connectivity index (χ0) is 21.2. The topological polar surface area (TPSA) is 31.4 Å². The van der Waals surface area contributed by atoms with Crippen LogP contribution in [0.1, 0.15) is 32.7 Å². The Hall–Kier alpha value is -2.54. The molecule has 29 heavy (non-hydrogen) atoms. The van der Waals surface area contributed by atoms with Crippen LogP contribution in [0, 0.1) is 0 Å². The zero-order valence-corrected chi connectivity index (χ0v) is 17.4. The summed E-state index contributed by atoms with van der Waals surface area (Å²) in [6.07, 6.45) is -4.47. The normalized spacial score (nSPS) is 11.9. The Morgan fingerprint density at radius 1 is 0.759 bits per heavy atom. The Bertz CT molecular complexity index is 875. The average molecular weight is 421 g/mol. The number of rotatable bonds is 6. The minimum Gasteiger partial charge on any atom is -0.491 e. The third kappa shape index (κ3) is 5.29. The highest BCUT2D eigenvalue weighted by atomic mass is 32.1. The van der Waals surface area contributed by atoms with Gasteiger partial charge in [-0.15, -0.1) is 11.3 Å². The van der Waals surface area contributed by atoms with Gasteiger partial charge in [-0.1, -0.05) is 0 Å². The fraction of sp³-hybridized carbons (Fsp3) is 0.318. The van der Waals surface area contributed by atoms with Crippen molar-refractivity contribution in [2.75, 3.05) is 0 Å². The molecule has 3 rings (SSSR count). The maximum Gasteiger partial charge on any atom is 0.443 e. The number of nitrogens with zero attached hydrogens (tertiary/aromatic N) is 1. The monoisotopic (exact) mass is 421 g/mol. The highest BCUT2D eigenvalue weighted by Gasteiger charge is 2.36. The Balaban J connectivity index is 2.01. The highest BCUT2D eigenvalue weighted by Crippen LogP contribution is 2.43. The summed E-state index contributed by atoms with van der Waals surface area (Å²) < 4.78 is 51.2. The number of alkyl halides is 3. The van der Waals surface area contributed by atoms with Crippen molar-refractivity contribution >= 4 is 11.3 Å². The van der Waals surface area contributed by atoms with Gasteiger partial charge in [0.05, 0.1) is 22.8 Å². The van der Waals surface area contributed by atoms with Crippen LogP contribution >= 0.6 is 11.3 Å². The molecule has 3 aromatic rings. The van der Waals surface area contributed by atoms with Gasteiger partial charge in [0.25, 0.3) is 0 Å². The first kappa shape index (κ1) is 21.2. The van der Waals surface area contributed by atoms with Crippen molar-refractivity contribution in [3.05, 3.63) is 53.5 Å². The largest absolute Gasteiger partial charge is 0.491 e. The summed E-state index contributed by atoms with van der Waals surface area (Å²) in [5, 5.41) is -0.868. The second-order valence-electron chi connectivity index (χ2n) is 7.08. The van der Waals surface area contributed by atoms with Gasteiger partial charge in [0.2, 0.25) is 0 Å². The van der Waals surface area contributed by atoms with Crippen molar-refractivity contribution < 1.29 is 22.6 Å². The molecule has 0 aliphatic heterocycles. The minimum atomic E-state index is -4.50. The molecule has 7 heteroatoms. The molecule has 0 fully saturated rings. The number of hydrogen-bond acceptors (Lipinski definition) is 4. The molecule has 1 aromatic heterocycles. The van der Waals surface area contributed by atoms with E-state index >= 15 is 0 Å². The van der Waals surface area contributed by atoms with E-state index in [9.17, 15) is 13.2 Å². The molecule has 0 aliphatic rings. The summed E-state index contributed by atoms with van der Waals surface area (Å²) in [5.41, 5.74) is 1.56. The first-order chi connectivity index (χ1) is 13.6. The lowest BCUT2D eigenvalue weighted by Gasteiger charge is -2.11. The van der Waals surface area contributed by atoms with Crippen molar-refractivity contribution in [2.45, 2.75) is 46.1 Å². The predicted octanol–water partition coefficient (Wildman–Crippen LogP) is 7.07. The van der Waals surface area contributed by atoms with Gasteiger partial charge < -0.3 is 9.47 Å². The van der Waals surface area contributed by atoms with Gasteiger partial charge in [0.15, 0.2) is 5.01 Å². The summed E-state index contributed by atoms with van der Waals surface area (Å²) in [7, 11) is 0. The van der Waals surface area contributed by atoms with E-state index in [1.807, 2.05) is 27.7 Å². The van der Waals surface area contributed by atoms with Gasteiger partial charge >= 0.3 is 6.18 Å². The van der Waals surface area contributed by atoms with E-state index in [-0.39, 0.29) is 12.2 Å². The smallest absolute Gasteiger partial charge is 0.443 e. The number of ether oxygens (including phenoxy) is 2. The quantitative estimate of drug-likeness (QED) is 0.426. The molecule has 0 radical (unpaired) electrons. The molecule has 0 N–H and O–H groups in total. The molecule has 0 saturated heterocycles. The zero-order valence-electron chi connectivity index (χ0n) is 16.6. The van der Waals surface area contributed by atoms with Crippen LogP contribution in [0.3, 0.4) is 0 Å². The van der Waals surface area contributed by atoms with Crippen LogP contribution in [-0.2, 0) is 6.18 Å². The van der Waals surface area contributed by atoms with E-state index in [0.29, 0.717) is 44.5 Å². The lowest BCUT2D eigenvalue weighted by Crippen LogP contribution is -2.05. The molecule has 0 amide bonds. The van der Waals surface area contributed by atoms with Crippen LogP contribution in [0.2, 0.25) is 0 Å². The van der Waals surface area contributed by atoms with E-state index in [1.54, 1.807) is 48.5 Å². The molecule has 0 atom stereocenters. The van der Waals surface area contributed by atoms with Crippen molar-refractivity contribution in [3.8, 4) is 33.2 Å². The summed E-state index contributed by atoms with van der Waals surface area (Å²) in [6.45, 7) is 7.65. The first-order valence-corrected chi connectivity index (χ1v) is 10.1. The molecule has 154 valence electrons. The van der Waals surface area contributed by atoms with Crippen molar-refractivity contribution in [1.29, 1.82) is 0 Å². The van der Waals surface area contributed by atoms with Gasteiger partial charge in [-0.05, 0) is 81.8 Å². The summed E-state index contributed by atoms with van der Waals surface area (Å²) >= 11 is 0.641. The van der Waals surface area contributed by atoms with E-state index in [2.05, 4.69) is 4.98 Å². The minimum absolute atomic E-state index is 0.0130. The van der Waals surface area contributed by atoms with Crippen LogP contribution in [0.25, 0.3) is 21.7 Å². The third-order valence-electron chi connectivity index (χ3n) is 3.86. The average Bonchev–Trinajstić information content (AvgIpc) is 3.08. The van der Waals surface area contributed by atoms with Gasteiger partial charge in [0.1, 0.15) is 11.5 Å². The Kier molecular flexibility index (Phi) is 6.17. The van der Waals surface area contributed by atoms with Crippen LogP contribution < -0.4 is 9.47 Å². The van der Waals surface area contributed by atoms with Crippen LogP contribution in [0.5, 0.6) is 11.5 Å². The maximum atomic E-state index is 13.3. The Morgan fingerprint density at radius 3 is 1.62 bits per heavy atom. The summed E-state index contributed by atoms with van der Waals surface area (Å²) in [4.78, 5) is 4.37. The molecule has 0 bridgehead atoms. The van der Waals surface area contributed by atoms with Crippen LogP contribution in [-0.4, -0.2) is 17.2 Å². The molecule has 0 spiro atoms. The standard InChI is InChI=1S/C22H22F3NO2S/c1-13(2)27-17-9-5-15(6-10-17)19-20(29-21(26-19)22(23,24)25)16-7-11-18(12-8-16)28-14(3)4/h5-14H,1-4H3. The van der Waals surface area contributed by atoms with E-state index in [4.69, 9.17) is 9.47 Å². The summed E-state index contributed by atoms with van der Waals surface area (Å²) in [5.74, 6) is 1.33. The molecular formula is C22H22F3NO2S. The third-order valence-corrected chi connectivity index (χ3v) is 5.01. The van der Waals surface area contributed by atoms with Crippen LogP contribution in [0.4, 0.5) is 13.2 Å². The molecule has 3 nitrogen and oxygen atoms in total. The molecule has 0 saturated carbocycles. The van der Waals surface area contributed by atoms with E-state index in [0.717, 1.165) is 0 Å². The number of halogens is 3. The van der Waals surface area contributed by atoms with Crippen molar-refractivity contribution in [2.24, 2.45) is 0 Å². The number of hydrogen-bond donors (Lipinski definition) is 0. The summed E-state index contributed by atoms with van der Waals surface area (Å²) in [6, 6.07) is 14.0. The fourth-order valence-electron chi connectivity index (χ4n) is 2.75. The molecule has 0 aliphatic carbocycles. The van der Waals surface area contributed by atoms with E-state index in [1.165, 1.54) is 0 Å². The van der Waals surface area contributed by atoms with Gasteiger partial charge in [-0.3, -0.25) is 0 Å². The maximum absolute atomic E-state index is 13.3. The van der Waals surface area contributed by atoms with Crippen molar-refractivity contribution in [1.82, 2.24) is 4.98 Å². The lowest BCUT2D eigenvalue weighted by molar-refractivity contribution is -0.137. The second kappa shape index (κ2) is 8.45. The SMILES string of the molecule is CC(C)Oc1ccc(-c2nc(C(F)(F)F)sc2-c2ccc(OC(C)C)cc2)cc1. The van der Waals surface area contributed by atoms with Gasteiger partial charge in [0, 0.05) is 5.56 Å². The van der Waals surface area contributed by atoms with E-state index < -0.39 is 11.2 Å². The Morgan fingerprint density at radius 2 is 1.21 bits per heavy atom. The highest BCUT2D eigenvalue weighted by molar-refractivity contribution is 7.15. The second-order valence-corrected chi connectivity index (χ2v) is 8.08. The number of thiazole rings is 1. The molecular weight excluding hydrogens is 399 g/mol. The Labute approximate surface area is 172 Å². The van der Waals surface area contributed by atoms with Gasteiger partial charge in [-0.2, -0.15) is 13.2 Å². The number of benzene rings is 2. The lowest BCUT2D eigenvalue weighted by atomic mass is 10.1. The molecule has 0 unspecified atom stereocenters. The first-order valence-electron chi connectivity index (χ1n) is 9.25. The predicted molar refractivity (Wildman–Crippen MR) is 110 cm³/mol. The number of aromatic nitrogens is 1. The molecule has 2 aromatic carbocycles. The van der Waals surface area contributed by atoms with Gasteiger partial charge in [-0.25, -0.2) is 4.98 Å².